The van der Waals surface area contributed by atoms with Gasteiger partial charge in [0.15, 0.2) is 5.96 Å². The van der Waals surface area contributed by atoms with Crippen LogP contribution in [0.4, 0.5) is 0 Å². The number of ether oxygens (including phenoxy) is 1. The summed E-state index contributed by atoms with van der Waals surface area (Å²) in [6.45, 7) is 4.96. The lowest BCUT2D eigenvalue weighted by atomic mass is 10.3. The predicted octanol–water partition coefficient (Wildman–Crippen LogP) is 1.52. The van der Waals surface area contributed by atoms with Crippen molar-refractivity contribution in [3.05, 3.63) is 0 Å². The molecule has 1 rings (SSSR count). The van der Waals surface area contributed by atoms with E-state index in [-0.39, 0.29) is 0 Å². The van der Waals surface area contributed by atoms with Crippen molar-refractivity contribution in [2.45, 2.75) is 45.1 Å². The van der Waals surface area contributed by atoms with Gasteiger partial charge in [-0.2, -0.15) is 0 Å². The van der Waals surface area contributed by atoms with Gasteiger partial charge in [0.1, 0.15) is 0 Å². The fraction of sp³-hybridized carbons (Fsp3) is 0.786. The quantitative estimate of drug-likeness (QED) is 0.312. The molecule has 0 aliphatic heterocycles. The number of rotatable bonds is 7. The van der Waals surface area contributed by atoms with E-state index in [1.807, 2.05) is 6.92 Å². The van der Waals surface area contributed by atoms with Crippen molar-refractivity contribution in [3.8, 4) is 12.3 Å². The molecule has 4 nitrogen and oxygen atoms in total. The minimum atomic E-state index is 0.502. The van der Waals surface area contributed by atoms with Crippen LogP contribution in [-0.4, -0.2) is 38.3 Å². The Kier molecular flexibility index (Phi) is 8.07. The van der Waals surface area contributed by atoms with Gasteiger partial charge < -0.3 is 15.4 Å². The summed E-state index contributed by atoms with van der Waals surface area (Å²) in [6, 6.07) is 0. The first-order valence-corrected chi connectivity index (χ1v) is 6.94. The first-order chi connectivity index (χ1) is 8.86. The Morgan fingerprint density at radius 2 is 2.17 bits per heavy atom. The molecule has 0 aromatic heterocycles. The molecule has 2 N–H and O–H groups in total. The largest absolute Gasteiger partial charge is 0.378 e. The van der Waals surface area contributed by atoms with E-state index < -0.39 is 0 Å². The lowest BCUT2D eigenvalue weighted by Gasteiger charge is -2.11. The first-order valence-electron chi connectivity index (χ1n) is 6.94. The molecule has 18 heavy (non-hydrogen) atoms. The van der Waals surface area contributed by atoms with Gasteiger partial charge in [0.05, 0.1) is 12.6 Å². The third-order valence-corrected chi connectivity index (χ3v) is 2.93. The maximum absolute atomic E-state index is 5.78. The first kappa shape index (κ1) is 14.8. The van der Waals surface area contributed by atoms with E-state index in [1.54, 1.807) is 0 Å². The normalized spacial score (nSPS) is 16.6. The third-order valence-electron chi connectivity index (χ3n) is 2.93. The molecule has 1 fully saturated rings. The van der Waals surface area contributed by atoms with Crippen LogP contribution >= 0.6 is 0 Å². The summed E-state index contributed by atoms with van der Waals surface area (Å²) in [6.07, 6.45) is 11.8. The second-order valence-corrected chi connectivity index (χ2v) is 4.45. The van der Waals surface area contributed by atoms with Gasteiger partial charge >= 0.3 is 0 Å². The average Bonchev–Trinajstić information content (AvgIpc) is 2.88. The fourth-order valence-corrected chi connectivity index (χ4v) is 2.04. The fourth-order valence-electron chi connectivity index (χ4n) is 2.04. The van der Waals surface area contributed by atoms with Crippen LogP contribution in [0.5, 0.6) is 0 Å². The zero-order valence-corrected chi connectivity index (χ0v) is 11.4. The van der Waals surface area contributed by atoms with Crippen molar-refractivity contribution >= 4 is 5.96 Å². The zero-order valence-electron chi connectivity index (χ0n) is 11.4. The molecule has 4 heteroatoms. The van der Waals surface area contributed by atoms with Crippen molar-refractivity contribution in [3.63, 3.8) is 0 Å². The molecular formula is C14H25N3O. The maximum atomic E-state index is 5.78. The second-order valence-electron chi connectivity index (χ2n) is 4.45. The Morgan fingerprint density at radius 1 is 1.39 bits per heavy atom. The molecule has 1 aliphatic rings. The summed E-state index contributed by atoms with van der Waals surface area (Å²) in [7, 11) is 0. The number of hydrogen-bond donors (Lipinski definition) is 2. The van der Waals surface area contributed by atoms with Gasteiger partial charge in [0, 0.05) is 19.7 Å². The highest BCUT2D eigenvalue weighted by atomic mass is 16.5. The second kappa shape index (κ2) is 9.78. The highest BCUT2D eigenvalue weighted by molar-refractivity contribution is 5.79. The van der Waals surface area contributed by atoms with Crippen LogP contribution < -0.4 is 10.6 Å². The SMILES string of the molecule is C#CCNC(=NCCCOC1CCCC1)NCC. The summed E-state index contributed by atoms with van der Waals surface area (Å²) < 4.78 is 5.78. The predicted molar refractivity (Wildman–Crippen MR) is 75.6 cm³/mol. The smallest absolute Gasteiger partial charge is 0.192 e. The van der Waals surface area contributed by atoms with E-state index >= 15 is 0 Å². The van der Waals surface area contributed by atoms with Crippen molar-refractivity contribution < 1.29 is 4.74 Å². The van der Waals surface area contributed by atoms with Crippen LogP contribution in [0.3, 0.4) is 0 Å². The van der Waals surface area contributed by atoms with E-state index in [9.17, 15) is 0 Å². The summed E-state index contributed by atoms with van der Waals surface area (Å²) in [5, 5.41) is 6.22. The average molecular weight is 251 g/mol. The highest BCUT2D eigenvalue weighted by Gasteiger charge is 2.14. The summed E-state index contributed by atoms with van der Waals surface area (Å²) in [5.41, 5.74) is 0. The molecule has 0 radical (unpaired) electrons. The Morgan fingerprint density at radius 3 is 2.83 bits per heavy atom. The van der Waals surface area contributed by atoms with Crippen LogP contribution in [0.2, 0.25) is 0 Å². The van der Waals surface area contributed by atoms with E-state index in [4.69, 9.17) is 11.2 Å². The van der Waals surface area contributed by atoms with Gasteiger partial charge in [-0.3, -0.25) is 4.99 Å². The standard InChI is InChI=1S/C14H25N3O/c1-3-10-16-14(15-4-2)17-11-7-12-18-13-8-5-6-9-13/h1,13H,4-12H2,2H3,(H2,15,16,17). The van der Waals surface area contributed by atoms with Crippen LogP contribution in [0.15, 0.2) is 4.99 Å². The number of hydrogen-bond acceptors (Lipinski definition) is 2. The maximum Gasteiger partial charge on any atom is 0.192 e. The van der Waals surface area contributed by atoms with E-state index in [1.165, 1.54) is 25.7 Å². The summed E-state index contributed by atoms with van der Waals surface area (Å²) in [4.78, 5) is 4.43. The number of terminal acetylenes is 1. The number of guanidine groups is 1. The van der Waals surface area contributed by atoms with Crippen LogP contribution in [0.1, 0.15) is 39.0 Å². The Hall–Kier alpha value is -1.21. The molecule has 102 valence electrons. The van der Waals surface area contributed by atoms with Crippen LogP contribution in [0.25, 0.3) is 0 Å². The molecule has 0 unspecified atom stereocenters. The van der Waals surface area contributed by atoms with Crippen molar-refractivity contribution in [1.82, 2.24) is 10.6 Å². The molecule has 0 heterocycles. The molecule has 0 atom stereocenters. The molecular weight excluding hydrogens is 226 g/mol. The molecule has 0 spiro atoms. The van der Waals surface area contributed by atoms with Crippen molar-refractivity contribution in [1.29, 1.82) is 0 Å². The van der Waals surface area contributed by atoms with Gasteiger partial charge in [-0.15, -0.1) is 6.42 Å². The van der Waals surface area contributed by atoms with Crippen molar-refractivity contribution in [2.75, 3.05) is 26.2 Å². The van der Waals surface area contributed by atoms with Crippen LogP contribution in [0, 0.1) is 12.3 Å². The summed E-state index contributed by atoms with van der Waals surface area (Å²) in [5.74, 6) is 3.33. The molecule has 1 saturated carbocycles. The lowest BCUT2D eigenvalue weighted by Crippen LogP contribution is -2.37. The highest BCUT2D eigenvalue weighted by Crippen LogP contribution is 2.20. The molecule has 1 aliphatic carbocycles. The number of nitrogens with one attached hydrogen (secondary N) is 2. The van der Waals surface area contributed by atoms with Crippen LogP contribution in [-0.2, 0) is 4.74 Å². The van der Waals surface area contributed by atoms with E-state index in [2.05, 4.69) is 21.5 Å². The number of nitrogens with zero attached hydrogens (tertiary/aromatic N) is 1. The lowest BCUT2D eigenvalue weighted by molar-refractivity contribution is 0.0579. The monoisotopic (exact) mass is 251 g/mol. The van der Waals surface area contributed by atoms with Gasteiger partial charge in [-0.25, -0.2) is 0 Å². The van der Waals surface area contributed by atoms with E-state index in [0.717, 1.165) is 32.1 Å². The number of aliphatic imine (C=N–C) groups is 1. The molecule has 0 bridgehead atoms. The van der Waals surface area contributed by atoms with Gasteiger partial charge in [0.25, 0.3) is 0 Å². The van der Waals surface area contributed by atoms with Crippen molar-refractivity contribution in [2.24, 2.45) is 4.99 Å². The zero-order chi connectivity index (χ0) is 13.1. The Balaban J connectivity index is 2.09. The summed E-state index contributed by atoms with van der Waals surface area (Å²) >= 11 is 0. The van der Waals surface area contributed by atoms with E-state index in [0.29, 0.717) is 12.6 Å². The molecule has 0 aromatic carbocycles. The molecule has 0 amide bonds. The third kappa shape index (κ3) is 6.51. The molecule has 0 saturated heterocycles. The Bertz CT molecular complexity index is 277. The van der Waals surface area contributed by atoms with Gasteiger partial charge in [0.2, 0.25) is 0 Å². The Labute approximate surface area is 111 Å². The minimum absolute atomic E-state index is 0.502. The van der Waals surface area contributed by atoms with Gasteiger partial charge in [-0.1, -0.05) is 18.8 Å². The minimum Gasteiger partial charge on any atom is -0.378 e. The topological polar surface area (TPSA) is 45.7 Å². The van der Waals surface area contributed by atoms with Gasteiger partial charge in [-0.05, 0) is 26.2 Å². The molecule has 0 aromatic rings.